The molecule has 1 aromatic rings. The summed E-state index contributed by atoms with van der Waals surface area (Å²) in [5.74, 6) is 0. The SMILES string of the molecule is CCc1nc(N(C)C2CCC2)sc1CN. The molecule has 4 heteroatoms. The van der Waals surface area contributed by atoms with Crippen molar-refractivity contribution in [3.05, 3.63) is 10.6 Å². The summed E-state index contributed by atoms with van der Waals surface area (Å²) in [7, 11) is 2.16. The zero-order chi connectivity index (χ0) is 10.8. The van der Waals surface area contributed by atoms with Gasteiger partial charge in [0.2, 0.25) is 0 Å². The monoisotopic (exact) mass is 225 g/mol. The van der Waals surface area contributed by atoms with Crippen LogP contribution in [0.15, 0.2) is 0 Å². The van der Waals surface area contributed by atoms with E-state index in [0.29, 0.717) is 12.6 Å². The molecule has 15 heavy (non-hydrogen) atoms. The Kier molecular flexibility index (Phi) is 3.26. The van der Waals surface area contributed by atoms with Crippen molar-refractivity contribution in [1.82, 2.24) is 4.98 Å². The van der Waals surface area contributed by atoms with Crippen LogP contribution in [0, 0.1) is 0 Å². The zero-order valence-electron chi connectivity index (χ0n) is 9.49. The van der Waals surface area contributed by atoms with Crippen LogP contribution >= 0.6 is 11.3 Å². The summed E-state index contributed by atoms with van der Waals surface area (Å²) in [5, 5.41) is 1.15. The van der Waals surface area contributed by atoms with E-state index in [-0.39, 0.29) is 0 Å². The van der Waals surface area contributed by atoms with E-state index in [1.54, 1.807) is 11.3 Å². The highest BCUT2D eigenvalue weighted by Gasteiger charge is 2.24. The van der Waals surface area contributed by atoms with Gasteiger partial charge in [0.25, 0.3) is 0 Å². The van der Waals surface area contributed by atoms with Gasteiger partial charge in [-0.3, -0.25) is 0 Å². The molecule has 84 valence electrons. The molecule has 0 aromatic carbocycles. The van der Waals surface area contributed by atoms with E-state index < -0.39 is 0 Å². The first-order valence-electron chi connectivity index (χ1n) is 5.67. The first-order valence-corrected chi connectivity index (χ1v) is 6.49. The average Bonchev–Trinajstić information content (AvgIpc) is 2.57. The largest absolute Gasteiger partial charge is 0.348 e. The minimum atomic E-state index is 0.624. The highest BCUT2D eigenvalue weighted by Crippen LogP contribution is 2.32. The summed E-state index contributed by atoms with van der Waals surface area (Å²) in [6, 6.07) is 0.714. The van der Waals surface area contributed by atoms with Crippen LogP contribution < -0.4 is 10.6 Å². The van der Waals surface area contributed by atoms with E-state index >= 15 is 0 Å². The number of nitrogens with two attached hydrogens (primary N) is 1. The first-order chi connectivity index (χ1) is 7.26. The zero-order valence-corrected chi connectivity index (χ0v) is 10.3. The highest BCUT2D eigenvalue weighted by atomic mass is 32.1. The molecule has 3 nitrogen and oxygen atoms in total. The molecule has 1 fully saturated rings. The Balaban J connectivity index is 2.16. The predicted molar refractivity (Wildman–Crippen MR) is 65.4 cm³/mol. The van der Waals surface area contributed by atoms with Crippen LogP contribution in [-0.2, 0) is 13.0 Å². The van der Waals surface area contributed by atoms with Gasteiger partial charge in [0.15, 0.2) is 5.13 Å². The van der Waals surface area contributed by atoms with Crippen molar-refractivity contribution < 1.29 is 0 Å². The fourth-order valence-corrected chi connectivity index (χ4v) is 2.95. The number of nitrogens with zero attached hydrogens (tertiary/aromatic N) is 2. The van der Waals surface area contributed by atoms with Crippen LogP contribution in [0.25, 0.3) is 0 Å². The Labute approximate surface area is 95.3 Å². The minimum Gasteiger partial charge on any atom is -0.348 e. The summed E-state index contributed by atoms with van der Waals surface area (Å²) in [4.78, 5) is 8.24. The van der Waals surface area contributed by atoms with Crippen molar-refractivity contribution in [2.24, 2.45) is 5.73 Å². The Morgan fingerprint density at radius 1 is 1.53 bits per heavy atom. The summed E-state index contributed by atoms with van der Waals surface area (Å²) in [5.41, 5.74) is 6.90. The predicted octanol–water partition coefficient (Wildman–Crippen LogP) is 2.15. The van der Waals surface area contributed by atoms with Crippen LogP contribution in [0.3, 0.4) is 0 Å². The summed E-state index contributed by atoms with van der Waals surface area (Å²) >= 11 is 1.76. The molecule has 0 radical (unpaired) electrons. The molecule has 1 saturated carbocycles. The highest BCUT2D eigenvalue weighted by molar-refractivity contribution is 7.15. The van der Waals surface area contributed by atoms with Crippen molar-refractivity contribution in [1.29, 1.82) is 0 Å². The molecule has 0 atom stereocenters. The Morgan fingerprint density at radius 3 is 2.67 bits per heavy atom. The van der Waals surface area contributed by atoms with Crippen molar-refractivity contribution in [3.63, 3.8) is 0 Å². The molecular weight excluding hydrogens is 206 g/mol. The molecule has 0 aliphatic heterocycles. The van der Waals surface area contributed by atoms with Crippen LogP contribution in [0.2, 0.25) is 0 Å². The van der Waals surface area contributed by atoms with E-state index in [4.69, 9.17) is 5.73 Å². The number of thiazole rings is 1. The van der Waals surface area contributed by atoms with Gasteiger partial charge in [0.05, 0.1) is 5.69 Å². The van der Waals surface area contributed by atoms with Gasteiger partial charge in [0.1, 0.15) is 0 Å². The van der Waals surface area contributed by atoms with Crippen molar-refractivity contribution in [2.45, 2.75) is 45.2 Å². The minimum absolute atomic E-state index is 0.624. The number of hydrogen-bond donors (Lipinski definition) is 1. The topological polar surface area (TPSA) is 42.2 Å². The lowest BCUT2D eigenvalue weighted by Crippen LogP contribution is -2.37. The maximum absolute atomic E-state index is 5.71. The lowest BCUT2D eigenvalue weighted by Gasteiger charge is -2.34. The van der Waals surface area contributed by atoms with E-state index in [2.05, 4.69) is 23.9 Å². The number of aryl methyl sites for hydroxylation is 1. The molecule has 1 aliphatic rings. The first kappa shape index (κ1) is 10.9. The molecule has 0 amide bonds. The maximum Gasteiger partial charge on any atom is 0.185 e. The van der Waals surface area contributed by atoms with E-state index in [9.17, 15) is 0 Å². The van der Waals surface area contributed by atoms with E-state index in [1.807, 2.05) is 0 Å². The molecule has 1 aromatic heterocycles. The fourth-order valence-electron chi connectivity index (χ4n) is 1.89. The van der Waals surface area contributed by atoms with Crippen molar-refractivity contribution >= 4 is 16.5 Å². The van der Waals surface area contributed by atoms with Gasteiger partial charge in [-0.05, 0) is 25.7 Å². The third-order valence-corrected chi connectivity index (χ3v) is 4.42. The molecule has 0 saturated heterocycles. The summed E-state index contributed by atoms with van der Waals surface area (Å²) < 4.78 is 0. The number of rotatable bonds is 4. The summed E-state index contributed by atoms with van der Waals surface area (Å²) in [6.45, 7) is 2.76. The molecule has 0 spiro atoms. The Bertz CT molecular complexity index is 309. The van der Waals surface area contributed by atoms with Crippen LogP contribution in [0.1, 0.15) is 36.8 Å². The third kappa shape index (κ3) is 2.01. The quantitative estimate of drug-likeness (QED) is 0.853. The normalized spacial score (nSPS) is 16.5. The van der Waals surface area contributed by atoms with Gasteiger partial charge in [-0.15, -0.1) is 11.3 Å². The van der Waals surface area contributed by atoms with Gasteiger partial charge in [-0.25, -0.2) is 4.98 Å². The van der Waals surface area contributed by atoms with Crippen molar-refractivity contribution in [3.8, 4) is 0 Å². The van der Waals surface area contributed by atoms with Gasteiger partial charge in [-0.2, -0.15) is 0 Å². The molecule has 0 bridgehead atoms. The second-order valence-corrected chi connectivity index (χ2v) is 5.18. The van der Waals surface area contributed by atoms with Gasteiger partial charge < -0.3 is 10.6 Å². The molecule has 2 N–H and O–H groups in total. The number of aromatic nitrogens is 1. The fraction of sp³-hybridized carbons (Fsp3) is 0.727. The van der Waals surface area contributed by atoms with Crippen LogP contribution in [0.4, 0.5) is 5.13 Å². The maximum atomic E-state index is 5.71. The average molecular weight is 225 g/mol. The summed E-state index contributed by atoms with van der Waals surface area (Å²) in [6.07, 6.45) is 4.98. The number of anilines is 1. The second-order valence-electron chi connectivity index (χ2n) is 4.12. The lowest BCUT2D eigenvalue weighted by atomic mass is 9.92. The Hall–Kier alpha value is -0.610. The van der Waals surface area contributed by atoms with Crippen molar-refractivity contribution in [2.75, 3.05) is 11.9 Å². The second kappa shape index (κ2) is 4.49. The molecular formula is C11H19N3S. The molecule has 2 rings (SSSR count). The third-order valence-electron chi connectivity index (χ3n) is 3.21. The molecule has 1 heterocycles. The van der Waals surface area contributed by atoms with Crippen LogP contribution in [0.5, 0.6) is 0 Å². The van der Waals surface area contributed by atoms with E-state index in [1.165, 1.54) is 29.8 Å². The Morgan fingerprint density at radius 2 is 2.27 bits per heavy atom. The van der Waals surface area contributed by atoms with Gasteiger partial charge in [0, 0.05) is 24.5 Å². The standard InChI is InChI=1S/C11H19N3S/c1-3-9-10(7-12)15-11(13-9)14(2)8-5-4-6-8/h8H,3-7,12H2,1-2H3. The van der Waals surface area contributed by atoms with Gasteiger partial charge >= 0.3 is 0 Å². The van der Waals surface area contributed by atoms with Gasteiger partial charge in [-0.1, -0.05) is 6.92 Å². The molecule has 0 unspecified atom stereocenters. The number of hydrogen-bond acceptors (Lipinski definition) is 4. The molecule has 1 aliphatic carbocycles. The smallest absolute Gasteiger partial charge is 0.185 e. The van der Waals surface area contributed by atoms with E-state index in [0.717, 1.165) is 11.6 Å². The van der Waals surface area contributed by atoms with Crippen LogP contribution in [-0.4, -0.2) is 18.1 Å². The lowest BCUT2D eigenvalue weighted by molar-refractivity contribution is 0.401.